The standard InChI is InChI=1S/C15H21FN2O/c1-19-14-4-2-3-11(15(14)16)9-18-8-7-12-5-6-13(10-18)17-12/h2-4,12-13,17H,5-10H2,1H3. The second-order valence-corrected chi connectivity index (χ2v) is 5.60. The molecule has 2 fully saturated rings. The molecule has 2 atom stereocenters. The van der Waals surface area contributed by atoms with Crippen LogP contribution in [0.4, 0.5) is 4.39 Å². The molecule has 0 aromatic heterocycles. The highest BCUT2D eigenvalue weighted by molar-refractivity contribution is 5.31. The molecule has 2 saturated heterocycles. The van der Waals surface area contributed by atoms with Gasteiger partial charge in [0, 0.05) is 37.3 Å². The lowest BCUT2D eigenvalue weighted by molar-refractivity contribution is 0.246. The Kier molecular flexibility index (Phi) is 3.71. The summed E-state index contributed by atoms with van der Waals surface area (Å²) >= 11 is 0. The Hall–Kier alpha value is -1.13. The molecule has 0 saturated carbocycles. The molecule has 19 heavy (non-hydrogen) atoms. The summed E-state index contributed by atoms with van der Waals surface area (Å²) < 4.78 is 19.2. The maximum Gasteiger partial charge on any atom is 0.169 e. The summed E-state index contributed by atoms with van der Waals surface area (Å²) in [5.41, 5.74) is 0.733. The van der Waals surface area contributed by atoms with E-state index in [1.54, 1.807) is 6.07 Å². The van der Waals surface area contributed by atoms with Crippen LogP contribution >= 0.6 is 0 Å². The number of fused-ring (bicyclic) bond motifs is 2. The average Bonchev–Trinajstić information content (AvgIpc) is 2.75. The van der Waals surface area contributed by atoms with Crippen LogP contribution in [0.25, 0.3) is 0 Å². The molecular weight excluding hydrogens is 243 g/mol. The fraction of sp³-hybridized carbons (Fsp3) is 0.600. The molecule has 3 nitrogen and oxygen atoms in total. The SMILES string of the molecule is COc1cccc(CN2CCC3CCC(C2)N3)c1F. The zero-order chi connectivity index (χ0) is 13.2. The van der Waals surface area contributed by atoms with Crippen LogP contribution in [-0.2, 0) is 6.54 Å². The van der Waals surface area contributed by atoms with Gasteiger partial charge in [-0.25, -0.2) is 4.39 Å². The Labute approximate surface area is 113 Å². The number of likely N-dealkylation sites (tertiary alicyclic amines) is 1. The Balaban J connectivity index is 1.71. The Morgan fingerprint density at radius 3 is 3.00 bits per heavy atom. The van der Waals surface area contributed by atoms with Gasteiger partial charge in [-0.3, -0.25) is 4.90 Å². The molecule has 0 radical (unpaired) electrons. The highest BCUT2D eigenvalue weighted by Gasteiger charge is 2.29. The normalized spacial score (nSPS) is 27.3. The van der Waals surface area contributed by atoms with E-state index >= 15 is 0 Å². The maximum absolute atomic E-state index is 14.1. The average molecular weight is 264 g/mol. The van der Waals surface area contributed by atoms with Gasteiger partial charge in [0.1, 0.15) is 0 Å². The van der Waals surface area contributed by atoms with Crippen LogP contribution in [-0.4, -0.2) is 37.2 Å². The van der Waals surface area contributed by atoms with Crippen LogP contribution in [0, 0.1) is 5.82 Å². The van der Waals surface area contributed by atoms with Gasteiger partial charge in [0.15, 0.2) is 11.6 Å². The van der Waals surface area contributed by atoms with Crippen LogP contribution < -0.4 is 10.1 Å². The molecule has 2 bridgehead atoms. The van der Waals surface area contributed by atoms with Gasteiger partial charge in [-0.2, -0.15) is 0 Å². The fourth-order valence-corrected chi connectivity index (χ4v) is 3.24. The van der Waals surface area contributed by atoms with E-state index < -0.39 is 0 Å². The van der Waals surface area contributed by atoms with E-state index in [-0.39, 0.29) is 5.82 Å². The lowest BCUT2D eigenvalue weighted by Crippen LogP contribution is -2.35. The number of benzene rings is 1. The monoisotopic (exact) mass is 264 g/mol. The van der Waals surface area contributed by atoms with E-state index in [0.29, 0.717) is 24.4 Å². The van der Waals surface area contributed by atoms with E-state index in [2.05, 4.69) is 10.2 Å². The van der Waals surface area contributed by atoms with E-state index in [9.17, 15) is 4.39 Å². The summed E-state index contributed by atoms with van der Waals surface area (Å²) in [6.45, 7) is 2.74. The summed E-state index contributed by atoms with van der Waals surface area (Å²) in [5, 5.41) is 3.65. The van der Waals surface area contributed by atoms with Crippen molar-refractivity contribution in [3.8, 4) is 5.75 Å². The molecule has 2 unspecified atom stereocenters. The molecule has 104 valence electrons. The Morgan fingerprint density at radius 1 is 1.32 bits per heavy atom. The first-order valence-corrected chi connectivity index (χ1v) is 7.06. The van der Waals surface area contributed by atoms with Crippen LogP contribution in [0.2, 0.25) is 0 Å². The van der Waals surface area contributed by atoms with Crippen molar-refractivity contribution in [3.63, 3.8) is 0 Å². The largest absolute Gasteiger partial charge is 0.494 e. The van der Waals surface area contributed by atoms with E-state index in [0.717, 1.165) is 18.7 Å². The highest BCUT2D eigenvalue weighted by Crippen LogP contribution is 2.24. The number of nitrogens with zero attached hydrogens (tertiary/aromatic N) is 1. The van der Waals surface area contributed by atoms with E-state index in [4.69, 9.17) is 4.74 Å². The van der Waals surface area contributed by atoms with Gasteiger partial charge < -0.3 is 10.1 Å². The van der Waals surface area contributed by atoms with Gasteiger partial charge in [-0.05, 0) is 25.3 Å². The summed E-state index contributed by atoms with van der Waals surface area (Å²) in [6, 6.07) is 6.64. The van der Waals surface area contributed by atoms with Crippen molar-refractivity contribution in [2.75, 3.05) is 20.2 Å². The molecule has 0 spiro atoms. The molecule has 1 aromatic rings. The van der Waals surface area contributed by atoms with Crippen LogP contribution in [0.3, 0.4) is 0 Å². The zero-order valence-corrected chi connectivity index (χ0v) is 11.4. The number of halogens is 1. The third kappa shape index (κ3) is 2.74. The second-order valence-electron chi connectivity index (χ2n) is 5.60. The van der Waals surface area contributed by atoms with Crippen molar-refractivity contribution in [3.05, 3.63) is 29.6 Å². The first-order chi connectivity index (χ1) is 9.26. The minimum Gasteiger partial charge on any atom is -0.494 e. The van der Waals surface area contributed by atoms with Crippen molar-refractivity contribution >= 4 is 0 Å². The van der Waals surface area contributed by atoms with Gasteiger partial charge in [-0.1, -0.05) is 12.1 Å². The Bertz CT molecular complexity index is 452. The van der Waals surface area contributed by atoms with Gasteiger partial charge in [0.25, 0.3) is 0 Å². The first kappa shape index (κ1) is 12.9. The number of ether oxygens (including phenoxy) is 1. The zero-order valence-electron chi connectivity index (χ0n) is 11.4. The van der Waals surface area contributed by atoms with Crippen LogP contribution in [0.5, 0.6) is 5.75 Å². The second kappa shape index (κ2) is 5.47. The number of rotatable bonds is 3. The lowest BCUT2D eigenvalue weighted by Gasteiger charge is -2.24. The van der Waals surface area contributed by atoms with E-state index in [1.165, 1.54) is 26.4 Å². The fourth-order valence-electron chi connectivity index (χ4n) is 3.24. The van der Waals surface area contributed by atoms with E-state index in [1.807, 2.05) is 12.1 Å². The molecule has 1 N–H and O–H groups in total. The quantitative estimate of drug-likeness (QED) is 0.905. The molecule has 2 aliphatic rings. The summed E-state index contributed by atoms with van der Waals surface area (Å²) in [4.78, 5) is 2.36. The summed E-state index contributed by atoms with van der Waals surface area (Å²) in [5.74, 6) is 0.124. The Morgan fingerprint density at radius 2 is 2.16 bits per heavy atom. The number of hydrogen-bond donors (Lipinski definition) is 1. The summed E-state index contributed by atoms with van der Waals surface area (Å²) in [7, 11) is 1.51. The third-order valence-corrected chi connectivity index (χ3v) is 4.26. The molecule has 4 heteroatoms. The van der Waals surface area contributed by atoms with Crippen LogP contribution in [0.15, 0.2) is 18.2 Å². The van der Waals surface area contributed by atoms with Gasteiger partial charge in [0.05, 0.1) is 7.11 Å². The highest BCUT2D eigenvalue weighted by atomic mass is 19.1. The smallest absolute Gasteiger partial charge is 0.169 e. The number of nitrogens with one attached hydrogen (secondary N) is 1. The molecular formula is C15H21FN2O. The van der Waals surface area contributed by atoms with Crippen molar-refractivity contribution in [2.45, 2.75) is 37.9 Å². The topological polar surface area (TPSA) is 24.5 Å². The minimum absolute atomic E-state index is 0.215. The molecule has 1 aromatic carbocycles. The molecule has 3 rings (SSSR count). The molecule has 0 amide bonds. The van der Waals surface area contributed by atoms with Crippen molar-refractivity contribution in [1.82, 2.24) is 10.2 Å². The van der Waals surface area contributed by atoms with Gasteiger partial charge in [0.2, 0.25) is 0 Å². The van der Waals surface area contributed by atoms with Crippen LogP contribution in [0.1, 0.15) is 24.8 Å². The predicted molar refractivity (Wildman–Crippen MR) is 72.8 cm³/mol. The van der Waals surface area contributed by atoms with Crippen molar-refractivity contribution < 1.29 is 9.13 Å². The summed E-state index contributed by atoms with van der Waals surface area (Å²) in [6.07, 6.45) is 3.72. The predicted octanol–water partition coefficient (Wildman–Crippen LogP) is 2.16. The number of hydrogen-bond acceptors (Lipinski definition) is 3. The lowest BCUT2D eigenvalue weighted by atomic mass is 10.1. The van der Waals surface area contributed by atoms with Crippen molar-refractivity contribution in [1.29, 1.82) is 0 Å². The first-order valence-electron chi connectivity index (χ1n) is 7.06. The molecule has 2 heterocycles. The van der Waals surface area contributed by atoms with Gasteiger partial charge in [-0.15, -0.1) is 0 Å². The molecule has 0 aliphatic carbocycles. The molecule has 2 aliphatic heterocycles. The van der Waals surface area contributed by atoms with Crippen molar-refractivity contribution in [2.24, 2.45) is 0 Å². The van der Waals surface area contributed by atoms with Gasteiger partial charge >= 0.3 is 0 Å². The number of methoxy groups -OCH3 is 1. The third-order valence-electron chi connectivity index (χ3n) is 4.26. The minimum atomic E-state index is -0.215. The maximum atomic E-state index is 14.1.